The highest BCUT2D eigenvalue weighted by molar-refractivity contribution is 5.76. The number of nitrogens with one attached hydrogen (secondary N) is 2. The van der Waals surface area contributed by atoms with Crippen molar-refractivity contribution >= 4 is 6.03 Å². The molecule has 2 heterocycles. The summed E-state index contributed by atoms with van der Waals surface area (Å²) in [5.41, 5.74) is 1.21. The van der Waals surface area contributed by atoms with Crippen LogP contribution in [0.25, 0.3) is 0 Å². The number of methoxy groups -OCH3 is 1. The number of furan rings is 1. The molecule has 2 aliphatic rings. The predicted octanol–water partition coefficient (Wildman–Crippen LogP) is 2.76. The molecule has 0 saturated heterocycles. The van der Waals surface area contributed by atoms with Crippen LogP contribution in [0, 0.1) is 0 Å². The Kier molecular flexibility index (Phi) is 4.13. The van der Waals surface area contributed by atoms with Gasteiger partial charge in [-0.25, -0.2) is 4.79 Å². The van der Waals surface area contributed by atoms with Gasteiger partial charge >= 0.3 is 6.03 Å². The summed E-state index contributed by atoms with van der Waals surface area (Å²) in [5.74, 6) is 1.62. The minimum Gasteiger partial charge on any atom is -0.493 e. The van der Waals surface area contributed by atoms with Crippen molar-refractivity contribution in [2.45, 2.75) is 30.3 Å². The van der Waals surface area contributed by atoms with E-state index in [2.05, 4.69) is 16.7 Å². The molecule has 1 aliphatic carbocycles. The lowest BCUT2D eigenvalue weighted by Gasteiger charge is -2.27. The maximum atomic E-state index is 12.5. The van der Waals surface area contributed by atoms with E-state index in [1.54, 1.807) is 19.4 Å². The van der Waals surface area contributed by atoms with Gasteiger partial charge in [-0.2, -0.15) is 0 Å². The van der Waals surface area contributed by atoms with Gasteiger partial charge in [0.25, 0.3) is 0 Å². The number of fused-ring (bicyclic) bond motifs is 2. The fourth-order valence-corrected chi connectivity index (χ4v) is 3.76. The Hall–Kier alpha value is -2.47. The van der Waals surface area contributed by atoms with Crippen LogP contribution in [0.2, 0.25) is 0 Å². The second-order valence-electron chi connectivity index (χ2n) is 6.65. The van der Waals surface area contributed by atoms with Crippen LogP contribution >= 0.6 is 0 Å². The molecule has 2 amide bonds. The highest BCUT2D eigenvalue weighted by atomic mass is 16.5. The summed E-state index contributed by atoms with van der Waals surface area (Å²) >= 11 is 0. The molecule has 6 heteroatoms. The van der Waals surface area contributed by atoms with Crippen molar-refractivity contribution in [3.63, 3.8) is 0 Å². The zero-order valence-electron chi connectivity index (χ0n) is 14.2. The number of hydrogen-bond donors (Lipinski definition) is 2. The third-order valence-electron chi connectivity index (χ3n) is 5.14. The van der Waals surface area contributed by atoms with Crippen molar-refractivity contribution in [1.82, 2.24) is 10.6 Å². The molecular weight excluding hydrogens is 320 g/mol. The van der Waals surface area contributed by atoms with Crippen molar-refractivity contribution in [1.29, 1.82) is 0 Å². The number of urea groups is 1. The van der Waals surface area contributed by atoms with E-state index in [0.29, 0.717) is 19.0 Å². The maximum absolute atomic E-state index is 12.5. The number of amides is 2. The Morgan fingerprint density at radius 1 is 1.36 bits per heavy atom. The molecule has 1 fully saturated rings. The monoisotopic (exact) mass is 342 g/mol. The van der Waals surface area contributed by atoms with Crippen LogP contribution < -0.4 is 15.4 Å². The molecule has 2 aromatic rings. The maximum Gasteiger partial charge on any atom is 0.315 e. The number of carbonyl (C=O) groups excluding carboxylic acids is 1. The lowest BCUT2D eigenvalue weighted by atomic mass is 9.89. The summed E-state index contributed by atoms with van der Waals surface area (Å²) in [4.78, 5) is 12.5. The summed E-state index contributed by atoms with van der Waals surface area (Å²) < 4.78 is 16.3. The molecule has 2 N–H and O–H groups in total. The molecule has 1 saturated carbocycles. The Labute approximate surface area is 146 Å². The molecule has 3 atom stereocenters. The van der Waals surface area contributed by atoms with E-state index in [9.17, 15) is 4.79 Å². The normalized spacial score (nSPS) is 24.9. The zero-order valence-corrected chi connectivity index (χ0v) is 14.2. The zero-order chi connectivity index (χ0) is 17.3. The molecule has 0 unspecified atom stereocenters. The number of benzene rings is 1. The third kappa shape index (κ3) is 2.98. The van der Waals surface area contributed by atoms with Crippen LogP contribution in [-0.2, 0) is 10.2 Å². The summed E-state index contributed by atoms with van der Waals surface area (Å²) in [5, 5.41) is 6.04. The van der Waals surface area contributed by atoms with Gasteiger partial charge in [0.2, 0.25) is 0 Å². The van der Waals surface area contributed by atoms with E-state index in [0.717, 1.165) is 18.6 Å². The minimum atomic E-state index is -0.309. The van der Waals surface area contributed by atoms with Gasteiger partial charge in [0, 0.05) is 24.1 Å². The average molecular weight is 342 g/mol. The second-order valence-corrected chi connectivity index (χ2v) is 6.65. The summed E-state index contributed by atoms with van der Waals surface area (Å²) in [6.07, 6.45) is 3.46. The highest BCUT2D eigenvalue weighted by Crippen LogP contribution is 2.55. The largest absolute Gasteiger partial charge is 0.493 e. The van der Waals surface area contributed by atoms with Crippen LogP contribution in [-0.4, -0.2) is 32.4 Å². The average Bonchev–Trinajstić information content (AvgIpc) is 3.05. The third-order valence-corrected chi connectivity index (χ3v) is 5.14. The summed E-state index contributed by atoms with van der Waals surface area (Å²) in [6.45, 7) is 1.04. The van der Waals surface area contributed by atoms with Gasteiger partial charge in [-0.3, -0.25) is 0 Å². The van der Waals surface area contributed by atoms with Crippen molar-refractivity contribution in [3.05, 3.63) is 54.0 Å². The molecule has 6 nitrogen and oxygen atoms in total. The van der Waals surface area contributed by atoms with Crippen LogP contribution in [0.3, 0.4) is 0 Å². The quantitative estimate of drug-likeness (QED) is 0.876. The Morgan fingerprint density at radius 3 is 3.04 bits per heavy atom. The van der Waals surface area contributed by atoms with Crippen LogP contribution in [0.1, 0.15) is 30.2 Å². The van der Waals surface area contributed by atoms with Crippen LogP contribution in [0.15, 0.2) is 47.1 Å². The molecular formula is C19H22N2O4. The van der Waals surface area contributed by atoms with E-state index in [1.807, 2.05) is 24.3 Å². The van der Waals surface area contributed by atoms with Crippen molar-refractivity contribution in [2.75, 3.05) is 20.3 Å². The van der Waals surface area contributed by atoms with Crippen molar-refractivity contribution in [3.8, 4) is 5.75 Å². The molecule has 1 aliphatic heterocycles. The van der Waals surface area contributed by atoms with Gasteiger partial charge in [0.1, 0.15) is 17.6 Å². The van der Waals surface area contributed by atoms with Gasteiger partial charge in [0.05, 0.1) is 19.5 Å². The molecule has 1 aromatic heterocycles. The van der Waals surface area contributed by atoms with Crippen LogP contribution in [0.5, 0.6) is 5.75 Å². The fourth-order valence-electron chi connectivity index (χ4n) is 3.76. The summed E-state index contributed by atoms with van der Waals surface area (Å²) in [7, 11) is 1.60. The second kappa shape index (κ2) is 6.44. The van der Waals surface area contributed by atoms with Crippen molar-refractivity contribution in [2.24, 2.45) is 0 Å². The van der Waals surface area contributed by atoms with Gasteiger partial charge in [0.15, 0.2) is 0 Å². The van der Waals surface area contributed by atoms with Gasteiger partial charge in [-0.15, -0.1) is 0 Å². The molecule has 0 bridgehead atoms. The van der Waals surface area contributed by atoms with Gasteiger partial charge in [-0.05, 0) is 31.0 Å². The van der Waals surface area contributed by atoms with E-state index in [-0.39, 0.29) is 23.5 Å². The van der Waals surface area contributed by atoms with Gasteiger partial charge < -0.3 is 24.5 Å². The molecule has 132 valence electrons. The standard InChI is InChI=1S/C19H22N2O4/c1-23-12-14(16-7-4-9-24-16)20-18(22)21-17-11-19(17)8-10-25-15-6-3-2-5-13(15)19/h2-7,9,14,17H,8,10-12H2,1H3,(H2,20,21,22)/t14-,17-,19-/m0/s1. The van der Waals surface area contributed by atoms with Crippen molar-refractivity contribution < 1.29 is 18.7 Å². The molecule has 0 radical (unpaired) electrons. The number of hydrogen-bond acceptors (Lipinski definition) is 4. The van der Waals surface area contributed by atoms with Gasteiger partial charge in [-0.1, -0.05) is 18.2 Å². The number of rotatable bonds is 5. The number of para-hydroxylation sites is 1. The lowest BCUT2D eigenvalue weighted by Crippen LogP contribution is -2.42. The van der Waals surface area contributed by atoms with E-state index in [4.69, 9.17) is 13.9 Å². The number of ether oxygens (including phenoxy) is 2. The Balaban J connectivity index is 1.42. The Morgan fingerprint density at radius 2 is 2.24 bits per heavy atom. The minimum absolute atomic E-state index is 0.00756. The van der Waals surface area contributed by atoms with E-state index >= 15 is 0 Å². The highest BCUT2D eigenvalue weighted by Gasteiger charge is 2.58. The first kappa shape index (κ1) is 16.0. The smallest absolute Gasteiger partial charge is 0.315 e. The topological polar surface area (TPSA) is 72.7 Å². The first-order valence-corrected chi connectivity index (χ1v) is 8.54. The summed E-state index contributed by atoms with van der Waals surface area (Å²) in [6, 6.07) is 11.3. The number of carbonyl (C=O) groups is 1. The first-order valence-electron chi connectivity index (χ1n) is 8.54. The SMILES string of the molecule is COC[C@H](NC(=O)N[C@H]1C[C@]12CCOc1ccccc12)c1ccco1. The molecule has 1 spiro atoms. The lowest BCUT2D eigenvalue weighted by molar-refractivity contribution is 0.156. The molecule has 25 heavy (non-hydrogen) atoms. The molecule has 1 aromatic carbocycles. The van der Waals surface area contributed by atoms with Crippen LogP contribution in [0.4, 0.5) is 4.79 Å². The van der Waals surface area contributed by atoms with E-state index in [1.165, 1.54) is 5.56 Å². The Bertz CT molecular complexity index is 746. The predicted molar refractivity (Wildman–Crippen MR) is 91.6 cm³/mol. The van der Waals surface area contributed by atoms with E-state index < -0.39 is 0 Å². The fraction of sp³-hybridized carbons (Fsp3) is 0.421. The first-order chi connectivity index (χ1) is 12.2. The molecule has 4 rings (SSSR count).